The SMILES string of the molecule is Nc1ccc(NC(=O)C(=O)Nc2ccccc2C(F)(F)F)cc1Cl. The highest BCUT2D eigenvalue weighted by atomic mass is 35.5. The molecule has 0 aliphatic carbocycles. The van der Waals surface area contributed by atoms with Gasteiger partial charge in [0.2, 0.25) is 0 Å². The Labute approximate surface area is 139 Å². The van der Waals surface area contributed by atoms with Crippen molar-refractivity contribution in [2.45, 2.75) is 6.18 Å². The predicted octanol–water partition coefficient (Wildman–Crippen LogP) is 3.52. The van der Waals surface area contributed by atoms with Crippen LogP contribution in [0.1, 0.15) is 5.56 Å². The number of nitrogens with one attached hydrogen (secondary N) is 2. The topological polar surface area (TPSA) is 84.2 Å². The van der Waals surface area contributed by atoms with Gasteiger partial charge < -0.3 is 16.4 Å². The third kappa shape index (κ3) is 4.17. The summed E-state index contributed by atoms with van der Waals surface area (Å²) in [6.45, 7) is 0. The second kappa shape index (κ2) is 6.79. The van der Waals surface area contributed by atoms with Gasteiger partial charge in [-0.25, -0.2) is 0 Å². The van der Waals surface area contributed by atoms with E-state index in [1.54, 1.807) is 0 Å². The van der Waals surface area contributed by atoms with Crippen molar-refractivity contribution < 1.29 is 22.8 Å². The van der Waals surface area contributed by atoms with Crippen LogP contribution in [-0.4, -0.2) is 11.8 Å². The number of nitrogen functional groups attached to an aromatic ring is 1. The Kier molecular flexibility index (Phi) is 4.99. The van der Waals surface area contributed by atoms with Crippen LogP contribution in [0.4, 0.5) is 30.2 Å². The summed E-state index contributed by atoms with van der Waals surface area (Å²) in [5.41, 5.74) is 4.40. The molecule has 0 unspecified atom stereocenters. The number of nitrogens with two attached hydrogens (primary N) is 1. The minimum Gasteiger partial charge on any atom is -0.398 e. The van der Waals surface area contributed by atoms with Crippen LogP contribution in [0, 0.1) is 0 Å². The van der Waals surface area contributed by atoms with E-state index < -0.39 is 29.2 Å². The van der Waals surface area contributed by atoms with Gasteiger partial charge in [0.05, 0.1) is 22.0 Å². The molecule has 0 aliphatic heterocycles. The summed E-state index contributed by atoms with van der Waals surface area (Å²) in [6, 6.07) is 8.45. The number of carbonyl (C=O) groups is 2. The number of hydrogen-bond acceptors (Lipinski definition) is 3. The number of anilines is 3. The average molecular weight is 358 g/mol. The van der Waals surface area contributed by atoms with Crippen molar-refractivity contribution >= 4 is 40.5 Å². The lowest BCUT2D eigenvalue weighted by atomic mass is 10.1. The highest BCUT2D eigenvalue weighted by Gasteiger charge is 2.34. The van der Waals surface area contributed by atoms with E-state index in [-0.39, 0.29) is 16.4 Å². The second-order valence-electron chi connectivity index (χ2n) is 4.69. The lowest BCUT2D eigenvalue weighted by Crippen LogP contribution is -2.30. The lowest BCUT2D eigenvalue weighted by molar-refractivity contribution is -0.137. The van der Waals surface area contributed by atoms with Gasteiger partial charge in [0.15, 0.2) is 0 Å². The fourth-order valence-corrected chi connectivity index (χ4v) is 1.99. The molecule has 24 heavy (non-hydrogen) atoms. The summed E-state index contributed by atoms with van der Waals surface area (Å²) in [5.74, 6) is -2.40. The fraction of sp³-hybridized carbons (Fsp3) is 0.0667. The van der Waals surface area contributed by atoms with Crippen molar-refractivity contribution in [2.75, 3.05) is 16.4 Å². The molecule has 126 valence electrons. The predicted molar refractivity (Wildman–Crippen MR) is 84.6 cm³/mol. The van der Waals surface area contributed by atoms with Gasteiger partial charge in [-0.1, -0.05) is 23.7 Å². The smallest absolute Gasteiger partial charge is 0.398 e. The zero-order chi connectivity index (χ0) is 17.9. The first kappa shape index (κ1) is 17.6. The van der Waals surface area contributed by atoms with E-state index in [1.807, 2.05) is 5.32 Å². The first-order valence-corrected chi connectivity index (χ1v) is 6.90. The Balaban J connectivity index is 2.12. The molecule has 0 radical (unpaired) electrons. The number of hydrogen-bond donors (Lipinski definition) is 3. The maximum absolute atomic E-state index is 12.9. The molecule has 2 amide bonds. The van der Waals surface area contributed by atoms with E-state index in [0.717, 1.165) is 12.1 Å². The Morgan fingerprint density at radius 2 is 1.62 bits per heavy atom. The third-order valence-corrected chi connectivity index (χ3v) is 3.27. The number of halogens is 4. The molecular formula is C15H11ClF3N3O2. The van der Waals surface area contributed by atoms with Gasteiger partial charge in [0, 0.05) is 5.69 Å². The summed E-state index contributed by atoms with van der Waals surface area (Å²) < 4.78 is 38.6. The molecule has 0 saturated heterocycles. The maximum atomic E-state index is 12.9. The number of rotatable bonds is 2. The largest absolute Gasteiger partial charge is 0.418 e. The summed E-state index contributed by atoms with van der Waals surface area (Å²) >= 11 is 5.78. The molecule has 0 heterocycles. The first-order valence-electron chi connectivity index (χ1n) is 6.52. The van der Waals surface area contributed by atoms with E-state index in [0.29, 0.717) is 0 Å². The van der Waals surface area contributed by atoms with Crippen molar-refractivity contribution in [3.8, 4) is 0 Å². The summed E-state index contributed by atoms with van der Waals surface area (Å²) in [6.07, 6.45) is -4.66. The number of amides is 2. The summed E-state index contributed by atoms with van der Waals surface area (Å²) in [7, 11) is 0. The van der Waals surface area contributed by atoms with Crippen molar-refractivity contribution in [1.29, 1.82) is 0 Å². The average Bonchev–Trinajstić information content (AvgIpc) is 2.50. The van der Waals surface area contributed by atoms with Gasteiger partial charge >= 0.3 is 18.0 Å². The maximum Gasteiger partial charge on any atom is 0.418 e. The van der Waals surface area contributed by atoms with Crippen LogP contribution >= 0.6 is 11.6 Å². The van der Waals surface area contributed by atoms with Crippen LogP contribution < -0.4 is 16.4 Å². The van der Waals surface area contributed by atoms with Crippen molar-refractivity contribution in [3.05, 3.63) is 53.1 Å². The highest BCUT2D eigenvalue weighted by Crippen LogP contribution is 2.34. The first-order chi connectivity index (χ1) is 11.2. The van der Waals surface area contributed by atoms with E-state index in [1.165, 1.54) is 30.3 Å². The molecule has 0 spiro atoms. The molecule has 9 heteroatoms. The van der Waals surface area contributed by atoms with Crippen LogP contribution in [0.25, 0.3) is 0 Å². The van der Waals surface area contributed by atoms with Crippen LogP contribution in [-0.2, 0) is 15.8 Å². The van der Waals surface area contributed by atoms with Gasteiger partial charge in [-0.3, -0.25) is 9.59 Å². The Morgan fingerprint density at radius 1 is 1.00 bits per heavy atom. The lowest BCUT2D eigenvalue weighted by Gasteiger charge is -2.13. The molecule has 0 saturated carbocycles. The molecule has 0 bridgehead atoms. The van der Waals surface area contributed by atoms with E-state index >= 15 is 0 Å². The molecule has 0 fully saturated rings. The van der Waals surface area contributed by atoms with Crippen molar-refractivity contribution in [2.24, 2.45) is 0 Å². The Bertz CT molecular complexity index is 794. The van der Waals surface area contributed by atoms with Crippen molar-refractivity contribution in [3.63, 3.8) is 0 Å². The molecule has 4 N–H and O–H groups in total. The Morgan fingerprint density at radius 3 is 2.25 bits per heavy atom. The third-order valence-electron chi connectivity index (χ3n) is 2.95. The fourth-order valence-electron chi connectivity index (χ4n) is 1.81. The molecule has 0 aliphatic rings. The number of alkyl halides is 3. The van der Waals surface area contributed by atoms with E-state index in [2.05, 4.69) is 5.32 Å². The van der Waals surface area contributed by atoms with Crippen LogP contribution in [0.2, 0.25) is 5.02 Å². The molecule has 5 nitrogen and oxygen atoms in total. The van der Waals surface area contributed by atoms with Gasteiger partial charge in [-0.15, -0.1) is 0 Å². The molecular weight excluding hydrogens is 347 g/mol. The summed E-state index contributed by atoms with van der Waals surface area (Å²) in [4.78, 5) is 23.6. The number of carbonyl (C=O) groups excluding carboxylic acids is 2. The monoisotopic (exact) mass is 357 g/mol. The van der Waals surface area contributed by atoms with Crippen LogP contribution in [0.3, 0.4) is 0 Å². The minimum absolute atomic E-state index is 0.163. The quantitative estimate of drug-likeness (QED) is 0.568. The zero-order valence-electron chi connectivity index (χ0n) is 11.9. The molecule has 2 aromatic rings. The zero-order valence-corrected chi connectivity index (χ0v) is 12.7. The molecule has 0 aromatic heterocycles. The summed E-state index contributed by atoms with van der Waals surface area (Å²) in [5, 5.41) is 4.31. The van der Waals surface area contributed by atoms with Gasteiger partial charge in [0.25, 0.3) is 0 Å². The minimum atomic E-state index is -4.66. The second-order valence-corrected chi connectivity index (χ2v) is 5.10. The van der Waals surface area contributed by atoms with Crippen LogP contribution in [0.5, 0.6) is 0 Å². The Hall–Kier alpha value is -2.74. The van der Waals surface area contributed by atoms with Crippen molar-refractivity contribution in [1.82, 2.24) is 0 Å². The highest BCUT2D eigenvalue weighted by molar-refractivity contribution is 6.44. The normalized spacial score (nSPS) is 11.0. The standard InChI is InChI=1S/C15H11ClF3N3O2/c16-10-7-8(5-6-11(10)20)21-13(23)14(24)22-12-4-2-1-3-9(12)15(17,18)19/h1-7H,20H2,(H,21,23)(H,22,24). The number of para-hydroxylation sites is 1. The van der Waals surface area contributed by atoms with Gasteiger partial charge in [0.1, 0.15) is 0 Å². The molecule has 2 aromatic carbocycles. The van der Waals surface area contributed by atoms with E-state index in [9.17, 15) is 22.8 Å². The van der Waals surface area contributed by atoms with Gasteiger partial charge in [-0.2, -0.15) is 13.2 Å². The molecule has 2 rings (SSSR count). The van der Waals surface area contributed by atoms with Crippen LogP contribution in [0.15, 0.2) is 42.5 Å². The van der Waals surface area contributed by atoms with E-state index in [4.69, 9.17) is 17.3 Å². The van der Waals surface area contributed by atoms with Gasteiger partial charge in [-0.05, 0) is 30.3 Å². The molecule has 0 atom stereocenters. The number of benzene rings is 2.